The lowest BCUT2D eigenvalue weighted by atomic mass is 9.99. The van der Waals surface area contributed by atoms with Crippen molar-refractivity contribution in [3.8, 4) is 0 Å². The number of hydrogen-bond acceptors (Lipinski definition) is 2. The topological polar surface area (TPSA) is 38.0 Å². The maximum Gasteiger partial charge on any atom is 0.126 e. The van der Waals surface area contributed by atoms with Crippen molar-refractivity contribution < 1.29 is 8.78 Å². The molecule has 0 bridgehead atoms. The minimum Gasteiger partial charge on any atom is -0.271 e. The van der Waals surface area contributed by atoms with Crippen molar-refractivity contribution in [1.29, 1.82) is 0 Å². The third kappa shape index (κ3) is 4.64. The molecule has 0 saturated carbocycles. The van der Waals surface area contributed by atoms with Gasteiger partial charge < -0.3 is 0 Å². The van der Waals surface area contributed by atoms with E-state index in [0.717, 1.165) is 11.6 Å². The molecule has 2 rings (SSSR count). The van der Waals surface area contributed by atoms with Gasteiger partial charge in [-0.25, -0.2) is 8.78 Å². The van der Waals surface area contributed by atoms with Gasteiger partial charge in [-0.05, 0) is 48.2 Å². The Balaban J connectivity index is 2.12. The zero-order valence-corrected chi connectivity index (χ0v) is 12.6. The van der Waals surface area contributed by atoms with Crippen molar-refractivity contribution in [1.82, 2.24) is 5.43 Å². The van der Waals surface area contributed by atoms with E-state index in [1.807, 2.05) is 0 Å². The van der Waals surface area contributed by atoms with Crippen LogP contribution >= 0.6 is 23.2 Å². The third-order valence-corrected chi connectivity index (χ3v) is 3.71. The molecule has 2 aromatic rings. The van der Waals surface area contributed by atoms with Crippen molar-refractivity contribution in [3.63, 3.8) is 0 Å². The average molecular weight is 331 g/mol. The van der Waals surface area contributed by atoms with Gasteiger partial charge >= 0.3 is 0 Å². The number of hydrogen-bond donors (Lipinski definition) is 2. The molecule has 0 fully saturated rings. The van der Waals surface area contributed by atoms with Crippen LogP contribution in [0, 0.1) is 11.6 Å². The van der Waals surface area contributed by atoms with E-state index in [1.165, 1.54) is 12.1 Å². The Morgan fingerprint density at radius 1 is 1.00 bits per heavy atom. The molecule has 0 aromatic heterocycles. The quantitative estimate of drug-likeness (QED) is 0.644. The van der Waals surface area contributed by atoms with Crippen LogP contribution in [0.4, 0.5) is 8.78 Å². The summed E-state index contributed by atoms with van der Waals surface area (Å²) in [6, 6.07) is 8.40. The summed E-state index contributed by atoms with van der Waals surface area (Å²) in [5.41, 5.74) is 4.03. The van der Waals surface area contributed by atoms with E-state index < -0.39 is 11.6 Å². The largest absolute Gasteiger partial charge is 0.271 e. The van der Waals surface area contributed by atoms with Gasteiger partial charge in [0, 0.05) is 22.2 Å². The molecule has 0 aliphatic heterocycles. The first-order chi connectivity index (χ1) is 9.97. The molecule has 0 spiro atoms. The van der Waals surface area contributed by atoms with E-state index in [0.29, 0.717) is 28.5 Å². The Morgan fingerprint density at radius 2 is 1.67 bits per heavy atom. The monoisotopic (exact) mass is 330 g/mol. The van der Waals surface area contributed by atoms with E-state index in [-0.39, 0.29) is 6.04 Å². The van der Waals surface area contributed by atoms with E-state index in [1.54, 1.807) is 18.2 Å². The molecule has 2 nitrogen and oxygen atoms in total. The highest BCUT2D eigenvalue weighted by atomic mass is 35.5. The average Bonchev–Trinajstić information content (AvgIpc) is 2.39. The summed E-state index contributed by atoms with van der Waals surface area (Å²) in [6.45, 7) is 0. The van der Waals surface area contributed by atoms with Gasteiger partial charge in [-0.2, -0.15) is 0 Å². The van der Waals surface area contributed by atoms with E-state index in [2.05, 4.69) is 5.43 Å². The summed E-state index contributed by atoms with van der Waals surface area (Å²) in [7, 11) is 0. The van der Waals surface area contributed by atoms with Gasteiger partial charge in [0.2, 0.25) is 0 Å². The second-order valence-corrected chi connectivity index (χ2v) is 5.63. The highest BCUT2D eigenvalue weighted by Gasteiger charge is 2.13. The Morgan fingerprint density at radius 3 is 2.24 bits per heavy atom. The fourth-order valence-corrected chi connectivity index (χ4v) is 2.64. The molecule has 112 valence electrons. The SMILES string of the molecule is NNC(Cc1cc(F)cc(F)c1)Cc1ccc(Cl)cc1Cl. The smallest absolute Gasteiger partial charge is 0.126 e. The minimum atomic E-state index is -0.606. The van der Waals surface area contributed by atoms with Crippen LogP contribution in [0.15, 0.2) is 36.4 Å². The number of nitrogens with one attached hydrogen (secondary N) is 1. The fourth-order valence-electron chi connectivity index (χ4n) is 2.16. The molecular weight excluding hydrogens is 317 g/mol. The third-order valence-electron chi connectivity index (χ3n) is 3.12. The molecule has 3 N–H and O–H groups in total. The van der Waals surface area contributed by atoms with Gasteiger partial charge in [0.25, 0.3) is 0 Å². The molecule has 6 heteroatoms. The standard InChI is InChI=1S/C15H14Cl2F2N2/c16-11-2-1-10(15(17)7-11)6-14(21-20)5-9-3-12(18)8-13(19)4-9/h1-4,7-8,14,21H,5-6,20H2. The Bertz CT molecular complexity index is 615. The Hall–Kier alpha value is -1.20. The summed E-state index contributed by atoms with van der Waals surface area (Å²) in [5, 5.41) is 1.08. The molecule has 2 aromatic carbocycles. The molecule has 0 amide bonds. The second-order valence-electron chi connectivity index (χ2n) is 4.79. The van der Waals surface area contributed by atoms with Crippen molar-refractivity contribution in [2.24, 2.45) is 5.84 Å². The van der Waals surface area contributed by atoms with Crippen molar-refractivity contribution >= 4 is 23.2 Å². The van der Waals surface area contributed by atoms with Gasteiger partial charge in [-0.3, -0.25) is 11.3 Å². The van der Waals surface area contributed by atoms with Gasteiger partial charge in [-0.1, -0.05) is 29.3 Å². The summed E-state index contributed by atoms with van der Waals surface area (Å²) in [5.74, 6) is 4.31. The molecule has 1 atom stereocenters. The normalized spacial score (nSPS) is 12.4. The predicted octanol–water partition coefficient (Wildman–Crippen LogP) is 3.89. The lowest BCUT2D eigenvalue weighted by Gasteiger charge is -2.17. The van der Waals surface area contributed by atoms with Crippen molar-refractivity contribution in [3.05, 3.63) is 69.2 Å². The van der Waals surface area contributed by atoms with Crippen LogP contribution in [0.1, 0.15) is 11.1 Å². The second kappa shape index (κ2) is 7.18. The molecular formula is C15H14Cl2F2N2. The first-order valence-corrected chi connectivity index (χ1v) is 7.08. The van der Waals surface area contributed by atoms with Crippen LogP contribution in [0.25, 0.3) is 0 Å². The van der Waals surface area contributed by atoms with Crippen LogP contribution < -0.4 is 11.3 Å². The maximum atomic E-state index is 13.2. The highest BCUT2D eigenvalue weighted by Crippen LogP contribution is 2.23. The Kier molecular flexibility index (Phi) is 5.53. The minimum absolute atomic E-state index is 0.204. The first-order valence-electron chi connectivity index (χ1n) is 6.33. The molecule has 0 aliphatic rings. The Labute approximate surface area is 131 Å². The lowest BCUT2D eigenvalue weighted by Crippen LogP contribution is -2.38. The number of hydrazine groups is 1. The van der Waals surface area contributed by atoms with Gasteiger partial charge in [0.05, 0.1) is 0 Å². The summed E-state index contributed by atoms with van der Waals surface area (Å²) < 4.78 is 26.4. The van der Waals surface area contributed by atoms with Gasteiger partial charge in [0.1, 0.15) is 11.6 Å². The van der Waals surface area contributed by atoms with Crippen LogP contribution in [-0.2, 0) is 12.8 Å². The van der Waals surface area contributed by atoms with Crippen LogP contribution in [0.3, 0.4) is 0 Å². The van der Waals surface area contributed by atoms with Crippen LogP contribution in [0.5, 0.6) is 0 Å². The van der Waals surface area contributed by atoms with Gasteiger partial charge in [-0.15, -0.1) is 0 Å². The molecule has 0 heterocycles. The van der Waals surface area contributed by atoms with E-state index >= 15 is 0 Å². The number of halogens is 4. The summed E-state index contributed by atoms with van der Waals surface area (Å²) in [6.07, 6.45) is 0.898. The molecule has 0 saturated heterocycles. The molecule has 1 unspecified atom stereocenters. The number of nitrogens with two attached hydrogens (primary N) is 1. The summed E-state index contributed by atoms with van der Waals surface area (Å²) in [4.78, 5) is 0. The van der Waals surface area contributed by atoms with Crippen LogP contribution in [0.2, 0.25) is 10.0 Å². The van der Waals surface area contributed by atoms with Gasteiger partial charge in [0.15, 0.2) is 0 Å². The lowest BCUT2D eigenvalue weighted by molar-refractivity contribution is 0.516. The fraction of sp³-hybridized carbons (Fsp3) is 0.200. The first kappa shape index (κ1) is 16.2. The van der Waals surface area contributed by atoms with Crippen LogP contribution in [-0.4, -0.2) is 6.04 Å². The van der Waals surface area contributed by atoms with E-state index in [9.17, 15) is 8.78 Å². The van der Waals surface area contributed by atoms with Crippen molar-refractivity contribution in [2.45, 2.75) is 18.9 Å². The van der Waals surface area contributed by atoms with Crippen molar-refractivity contribution in [2.75, 3.05) is 0 Å². The number of rotatable bonds is 5. The highest BCUT2D eigenvalue weighted by molar-refractivity contribution is 6.35. The molecule has 0 aliphatic carbocycles. The number of benzene rings is 2. The molecule has 21 heavy (non-hydrogen) atoms. The maximum absolute atomic E-state index is 13.2. The summed E-state index contributed by atoms with van der Waals surface area (Å²) >= 11 is 12.0. The molecule has 0 radical (unpaired) electrons. The zero-order chi connectivity index (χ0) is 15.4. The van der Waals surface area contributed by atoms with E-state index in [4.69, 9.17) is 29.0 Å². The predicted molar refractivity (Wildman–Crippen MR) is 81.3 cm³/mol. The zero-order valence-electron chi connectivity index (χ0n) is 11.0.